The molecule has 0 saturated carbocycles. The lowest BCUT2D eigenvalue weighted by Gasteiger charge is -2.12. The number of imidazole rings is 1. The molecule has 0 atom stereocenters. The van der Waals surface area contributed by atoms with Crippen LogP contribution in [-0.4, -0.2) is 9.55 Å². The minimum atomic E-state index is -0.360. The Hall–Kier alpha value is -1.84. The fourth-order valence-corrected chi connectivity index (χ4v) is 2.95. The van der Waals surface area contributed by atoms with Crippen molar-refractivity contribution in [3.05, 3.63) is 69.8 Å². The predicted molar refractivity (Wildman–Crippen MR) is 88.5 cm³/mol. The minimum Gasteiger partial charge on any atom is -0.296 e. The largest absolute Gasteiger partial charge is 0.296 e. The van der Waals surface area contributed by atoms with E-state index in [9.17, 15) is 4.39 Å². The van der Waals surface area contributed by atoms with Gasteiger partial charge in [0, 0.05) is 16.3 Å². The summed E-state index contributed by atoms with van der Waals surface area (Å²) < 4.78 is 15.3. The van der Waals surface area contributed by atoms with Crippen molar-refractivity contribution in [1.82, 2.24) is 9.55 Å². The zero-order valence-electron chi connectivity index (χ0n) is 12.1. The van der Waals surface area contributed by atoms with Crippen molar-refractivity contribution in [1.29, 1.82) is 0 Å². The van der Waals surface area contributed by atoms with Crippen LogP contribution in [0.1, 0.15) is 11.5 Å². The van der Waals surface area contributed by atoms with Crippen LogP contribution < -0.4 is 0 Å². The second-order valence-corrected chi connectivity index (χ2v) is 5.87. The van der Waals surface area contributed by atoms with Crippen LogP contribution in [0.2, 0.25) is 10.0 Å². The Morgan fingerprint density at radius 2 is 1.68 bits per heavy atom. The number of aromatic nitrogens is 2. The highest BCUT2D eigenvalue weighted by atomic mass is 35.5. The number of rotatable bonds is 2. The van der Waals surface area contributed by atoms with Gasteiger partial charge in [0.2, 0.25) is 0 Å². The zero-order chi connectivity index (χ0) is 15.9. The average Bonchev–Trinajstić information content (AvgIpc) is 2.75. The maximum Gasteiger partial charge on any atom is 0.124 e. The third-order valence-electron chi connectivity index (χ3n) is 3.49. The van der Waals surface area contributed by atoms with E-state index >= 15 is 0 Å². The molecule has 3 rings (SSSR count). The molecule has 3 aromatic rings. The Labute approximate surface area is 138 Å². The van der Waals surface area contributed by atoms with Crippen molar-refractivity contribution < 1.29 is 4.39 Å². The van der Waals surface area contributed by atoms with Crippen molar-refractivity contribution in [3.8, 4) is 16.9 Å². The fraction of sp³-hybridized carbons (Fsp3) is 0.118. The molecule has 0 radical (unpaired) electrons. The first-order valence-corrected chi connectivity index (χ1v) is 7.50. The highest BCUT2D eigenvalue weighted by molar-refractivity contribution is 6.33. The van der Waals surface area contributed by atoms with E-state index in [1.54, 1.807) is 6.07 Å². The molecule has 0 aliphatic carbocycles. The minimum absolute atomic E-state index is 0.359. The van der Waals surface area contributed by atoms with Crippen LogP contribution in [0.4, 0.5) is 4.39 Å². The molecule has 0 spiro atoms. The summed E-state index contributed by atoms with van der Waals surface area (Å²) in [5.41, 5.74) is 3.36. The summed E-state index contributed by atoms with van der Waals surface area (Å²) in [5.74, 6) is 0.468. The van der Waals surface area contributed by atoms with Gasteiger partial charge in [0.15, 0.2) is 0 Å². The average molecular weight is 335 g/mol. The van der Waals surface area contributed by atoms with Crippen molar-refractivity contribution in [2.24, 2.45) is 0 Å². The molecule has 0 aliphatic heterocycles. The molecule has 2 nitrogen and oxygen atoms in total. The molecular formula is C17H13Cl2FN2. The number of aryl methyl sites for hydroxylation is 2. The number of halogens is 3. The van der Waals surface area contributed by atoms with Gasteiger partial charge in [-0.05, 0) is 56.3 Å². The highest BCUT2D eigenvalue weighted by Crippen LogP contribution is 2.33. The van der Waals surface area contributed by atoms with E-state index < -0.39 is 0 Å². The van der Waals surface area contributed by atoms with E-state index in [-0.39, 0.29) is 5.82 Å². The SMILES string of the molecule is Cc1nc(C)n(-c2ccc(Cl)cc2)c1-c1ccc(F)cc1Cl. The third kappa shape index (κ3) is 2.62. The van der Waals surface area contributed by atoms with Gasteiger partial charge in [-0.2, -0.15) is 0 Å². The summed E-state index contributed by atoms with van der Waals surface area (Å²) in [4.78, 5) is 4.53. The molecular weight excluding hydrogens is 322 g/mol. The van der Waals surface area contributed by atoms with Gasteiger partial charge < -0.3 is 0 Å². The molecule has 1 heterocycles. The third-order valence-corrected chi connectivity index (χ3v) is 4.06. The quantitative estimate of drug-likeness (QED) is 0.596. The monoisotopic (exact) mass is 334 g/mol. The fourth-order valence-electron chi connectivity index (χ4n) is 2.57. The molecule has 0 aliphatic rings. The van der Waals surface area contributed by atoms with Crippen molar-refractivity contribution in [3.63, 3.8) is 0 Å². The highest BCUT2D eigenvalue weighted by Gasteiger charge is 2.17. The van der Waals surface area contributed by atoms with Crippen LogP contribution in [0, 0.1) is 19.7 Å². The van der Waals surface area contributed by atoms with Crippen LogP contribution in [0.3, 0.4) is 0 Å². The second-order valence-electron chi connectivity index (χ2n) is 5.03. The van der Waals surface area contributed by atoms with Gasteiger partial charge in [0.25, 0.3) is 0 Å². The first-order valence-electron chi connectivity index (χ1n) is 6.74. The van der Waals surface area contributed by atoms with Crippen LogP contribution in [0.15, 0.2) is 42.5 Å². The van der Waals surface area contributed by atoms with Crippen molar-refractivity contribution >= 4 is 23.2 Å². The van der Waals surface area contributed by atoms with Gasteiger partial charge in [0.05, 0.1) is 16.4 Å². The van der Waals surface area contributed by atoms with Gasteiger partial charge in [-0.15, -0.1) is 0 Å². The van der Waals surface area contributed by atoms with Crippen LogP contribution in [-0.2, 0) is 0 Å². The van der Waals surface area contributed by atoms with Gasteiger partial charge in [-0.1, -0.05) is 23.2 Å². The second kappa shape index (κ2) is 5.75. The molecule has 2 aromatic carbocycles. The first kappa shape index (κ1) is 15.1. The van der Waals surface area contributed by atoms with Crippen LogP contribution >= 0.6 is 23.2 Å². The van der Waals surface area contributed by atoms with Gasteiger partial charge in [0.1, 0.15) is 11.6 Å². The lowest BCUT2D eigenvalue weighted by molar-refractivity contribution is 0.628. The molecule has 0 fully saturated rings. The predicted octanol–water partition coefficient (Wildman–Crippen LogP) is 5.60. The number of hydrogen-bond acceptors (Lipinski definition) is 1. The van der Waals surface area contributed by atoms with E-state index in [4.69, 9.17) is 23.2 Å². The van der Waals surface area contributed by atoms with E-state index in [1.807, 2.05) is 42.7 Å². The normalized spacial score (nSPS) is 11.0. The van der Waals surface area contributed by atoms with E-state index in [0.29, 0.717) is 10.0 Å². The van der Waals surface area contributed by atoms with Gasteiger partial charge in [-0.25, -0.2) is 9.37 Å². The van der Waals surface area contributed by atoms with Crippen LogP contribution in [0.5, 0.6) is 0 Å². The molecule has 0 N–H and O–H groups in total. The summed E-state index contributed by atoms with van der Waals surface area (Å²) in [6.07, 6.45) is 0. The van der Waals surface area contributed by atoms with Gasteiger partial charge in [-0.3, -0.25) is 4.57 Å². The first-order chi connectivity index (χ1) is 10.5. The Kier molecular flexibility index (Phi) is 3.94. The Balaban J connectivity index is 2.26. The summed E-state index contributed by atoms with van der Waals surface area (Å²) >= 11 is 12.2. The van der Waals surface area contributed by atoms with E-state index in [0.717, 1.165) is 28.5 Å². The standard InChI is InChI=1S/C17H13Cl2FN2/c1-10-17(15-8-5-13(20)9-16(15)19)22(11(2)21-10)14-6-3-12(18)4-7-14/h3-9H,1-2H3. The molecule has 5 heteroatoms. The summed E-state index contributed by atoms with van der Waals surface area (Å²) in [5, 5.41) is 1.03. The van der Waals surface area contributed by atoms with E-state index in [1.165, 1.54) is 12.1 Å². The van der Waals surface area contributed by atoms with Gasteiger partial charge >= 0.3 is 0 Å². The molecule has 1 aromatic heterocycles. The molecule has 0 unspecified atom stereocenters. The summed E-state index contributed by atoms with van der Waals surface area (Å²) in [6, 6.07) is 11.9. The summed E-state index contributed by atoms with van der Waals surface area (Å²) in [7, 11) is 0. The molecule has 22 heavy (non-hydrogen) atoms. The smallest absolute Gasteiger partial charge is 0.124 e. The van der Waals surface area contributed by atoms with Crippen molar-refractivity contribution in [2.75, 3.05) is 0 Å². The van der Waals surface area contributed by atoms with Crippen molar-refractivity contribution in [2.45, 2.75) is 13.8 Å². The number of hydrogen-bond donors (Lipinski definition) is 0. The molecule has 112 valence electrons. The Bertz CT molecular complexity index is 839. The van der Waals surface area contributed by atoms with E-state index in [2.05, 4.69) is 4.98 Å². The molecule has 0 amide bonds. The molecule has 0 bridgehead atoms. The zero-order valence-corrected chi connectivity index (χ0v) is 13.6. The number of nitrogens with zero attached hydrogens (tertiary/aromatic N) is 2. The Morgan fingerprint density at radius 3 is 2.32 bits per heavy atom. The molecule has 0 saturated heterocycles. The number of benzene rings is 2. The summed E-state index contributed by atoms with van der Waals surface area (Å²) in [6.45, 7) is 3.83. The lowest BCUT2D eigenvalue weighted by Crippen LogP contribution is -2.00. The maximum absolute atomic E-state index is 13.3. The topological polar surface area (TPSA) is 17.8 Å². The lowest BCUT2D eigenvalue weighted by atomic mass is 10.1. The Morgan fingerprint density at radius 1 is 1.00 bits per heavy atom. The van der Waals surface area contributed by atoms with Crippen LogP contribution in [0.25, 0.3) is 16.9 Å². The maximum atomic E-state index is 13.3.